The summed E-state index contributed by atoms with van der Waals surface area (Å²) in [5.41, 5.74) is 12.8. The van der Waals surface area contributed by atoms with Crippen LogP contribution < -0.4 is 27.4 Å². The lowest BCUT2D eigenvalue weighted by Gasteiger charge is -2.22. The second-order valence-electron chi connectivity index (χ2n) is 8.08. The first kappa shape index (κ1) is 27.3. The van der Waals surface area contributed by atoms with Gasteiger partial charge in [-0.1, -0.05) is 18.2 Å². The molecule has 4 amide bonds. The zero-order valence-corrected chi connectivity index (χ0v) is 19.1. The highest BCUT2D eigenvalue weighted by Crippen LogP contribution is 2.18. The number of H-pyrrole nitrogens is 1. The number of aliphatic hydroxyl groups excluding tert-OH is 1. The van der Waals surface area contributed by atoms with Crippen LogP contribution in [-0.2, 0) is 30.4 Å². The number of aliphatic hydroxyl groups is 1. The fraction of sp³-hybridized carbons (Fsp3) is 0.409. The number of benzene rings is 1. The van der Waals surface area contributed by atoms with Gasteiger partial charge in [0.05, 0.1) is 18.7 Å². The molecule has 0 fully saturated rings. The van der Waals surface area contributed by atoms with Crippen LogP contribution in [0.5, 0.6) is 0 Å². The van der Waals surface area contributed by atoms with Crippen molar-refractivity contribution in [3.05, 3.63) is 36.0 Å². The minimum Gasteiger partial charge on any atom is -0.480 e. The highest BCUT2D eigenvalue weighted by atomic mass is 16.4. The van der Waals surface area contributed by atoms with Crippen LogP contribution in [0.25, 0.3) is 10.9 Å². The predicted molar refractivity (Wildman–Crippen MR) is 125 cm³/mol. The van der Waals surface area contributed by atoms with Gasteiger partial charge in [-0.3, -0.25) is 19.2 Å². The number of carboxylic acids is 1. The Morgan fingerprint density at radius 3 is 2.40 bits per heavy atom. The second-order valence-corrected chi connectivity index (χ2v) is 8.08. The van der Waals surface area contributed by atoms with Gasteiger partial charge in [0, 0.05) is 23.5 Å². The highest BCUT2D eigenvalue weighted by Gasteiger charge is 2.29. The molecule has 2 aromatic rings. The van der Waals surface area contributed by atoms with Crippen molar-refractivity contribution in [3.63, 3.8) is 0 Å². The van der Waals surface area contributed by atoms with Gasteiger partial charge < -0.3 is 42.6 Å². The van der Waals surface area contributed by atoms with E-state index in [4.69, 9.17) is 16.6 Å². The number of hydrogen-bond donors (Lipinski definition) is 8. The summed E-state index contributed by atoms with van der Waals surface area (Å²) in [5, 5.41) is 26.4. The Labute approximate surface area is 200 Å². The molecular weight excluding hydrogens is 460 g/mol. The average molecular weight is 491 g/mol. The molecule has 4 atom stereocenters. The van der Waals surface area contributed by atoms with Crippen LogP contribution in [0.15, 0.2) is 30.5 Å². The third-order valence-corrected chi connectivity index (χ3v) is 5.25. The molecule has 0 aliphatic rings. The molecule has 1 aromatic carbocycles. The Morgan fingerprint density at radius 1 is 1.09 bits per heavy atom. The van der Waals surface area contributed by atoms with Crippen LogP contribution in [0.3, 0.4) is 0 Å². The van der Waals surface area contributed by atoms with Gasteiger partial charge in [-0.25, -0.2) is 4.79 Å². The maximum Gasteiger partial charge on any atom is 0.328 e. The fourth-order valence-electron chi connectivity index (χ4n) is 3.37. The highest BCUT2D eigenvalue weighted by molar-refractivity contribution is 5.93. The van der Waals surface area contributed by atoms with E-state index in [2.05, 4.69) is 20.9 Å². The van der Waals surface area contributed by atoms with E-state index >= 15 is 0 Å². The summed E-state index contributed by atoms with van der Waals surface area (Å²) in [4.78, 5) is 62.6. The number of aromatic amines is 1. The standard InChI is InChI=1S/C22H30N6O7/c1-11(29)19(22(34)35)28-21(33)16(6-7-17(24)30)27-18(31)10-26-20(32)14(23)8-12-9-25-15-5-3-2-4-13(12)15/h2-5,9,11,14,16,19,25,29H,6-8,10,23H2,1H3,(H2,24,30)(H,26,32)(H,27,31)(H,28,33)(H,34,35). The molecule has 0 aliphatic carbocycles. The Hall–Kier alpha value is -3.97. The van der Waals surface area contributed by atoms with E-state index in [1.54, 1.807) is 6.20 Å². The molecule has 13 heteroatoms. The number of aromatic nitrogens is 1. The molecule has 0 bridgehead atoms. The number of primary amides is 1. The summed E-state index contributed by atoms with van der Waals surface area (Å²) in [6.45, 7) is 0.657. The number of hydrogen-bond acceptors (Lipinski definition) is 7. The molecule has 0 spiro atoms. The van der Waals surface area contributed by atoms with Gasteiger partial charge in [0.15, 0.2) is 6.04 Å². The lowest BCUT2D eigenvalue weighted by Crippen LogP contribution is -2.56. The van der Waals surface area contributed by atoms with E-state index in [9.17, 15) is 29.1 Å². The SMILES string of the molecule is CC(O)C(NC(=O)C(CCC(N)=O)NC(=O)CNC(=O)C(N)Cc1c[nH]c2ccccc12)C(=O)O. The van der Waals surface area contributed by atoms with Crippen LogP contribution in [-0.4, -0.2) is 75.6 Å². The van der Waals surface area contributed by atoms with Crippen molar-refractivity contribution in [1.29, 1.82) is 0 Å². The molecule has 1 heterocycles. The predicted octanol–water partition coefficient (Wildman–Crippen LogP) is -2.15. The van der Waals surface area contributed by atoms with E-state index in [-0.39, 0.29) is 19.3 Å². The van der Waals surface area contributed by atoms with Crippen molar-refractivity contribution in [2.24, 2.45) is 11.5 Å². The molecule has 10 N–H and O–H groups in total. The molecule has 0 radical (unpaired) electrons. The number of amides is 4. The maximum absolute atomic E-state index is 12.5. The molecule has 4 unspecified atom stereocenters. The zero-order valence-electron chi connectivity index (χ0n) is 19.1. The largest absolute Gasteiger partial charge is 0.480 e. The van der Waals surface area contributed by atoms with Crippen molar-refractivity contribution in [2.45, 2.75) is 50.4 Å². The molecule has 35 heavy (non-hydrogen) atoms. The summed E-state index contributed by atoms with van der Waals surface area (Å²) < 4.78 is 0. The number of carbonyl (C=O) groups excluding carboxylic acids is 4. The van der Waals surface area contributed by atoms with Crippen molar-refractivity contribution < 1.29 is 34.2 Å². The van der Waals surface area contributed by atoms with E-state index in [1.807, 2.05) is 24.3 Å². The van der Waals surface area contributed by atoms with E-state index in [1.165, 1.54) is 6.92 Å². The first-order valence-corrected chi connectivity index (χ1v) is 10.9. The smallest absolute Gasteiger partial charge is 0.328 e. The minimum atomic E-state index is -1.63. The normalized spacial score (nSPS) is 14.4. The summed E-state index contributed by atoms with van der Waals surface area (Å²) in [6, 6.07) is 3.61. The van der Waals surface area contributed by atoms with E-state index < -0.39 is 60.4 Å². The quantitative estimate of drug-likeness (QED) is 0.154. The van der Waals surface area contributed by atoms with Gasteiger partial charge in [-0.05, 0) is 31.4 Å². The third-order valence-electron chi connectivity index (χ3n) is 5.25. The molecule has 1 aromatic heterocycles. The summed E-state index contributed by atoms with van der Waals surface area (Å²) in [6.07, 6.45) is 0.0720. The number of rotatable bonds is 13. The maximum atomic E-state index is 12.5. The first-order chi connectivity index (χ1) is 16.5. The Bertz CT molecular complexity index is 1080. The number of nitrogens with two attached hydrogens (primary N) is 2. The van der Waals surface area contributed by atoms with Crippen LogP contribution in [0, 0.1) is 0 Å². The van der Waals surface area contributed by atoms with Gasteiger partial charge in [0.25, 0.3) is 0 Å². The third kappa shape index (κ3) is 8.08. The number of carbonyl (C=O) groups is 5. The molecule has 13 nitrogen and oxygen atoms in total. The monoisotopic (exact) mass is 490 g/mol. The lowest BCUT2D eigenvalue weighted by atomic mass is 10.1. The van der Waals surface area contributed by atoms with Gasteiger partial charge in [-0.2, -0.15) is 0 Å². The molecule has 2 rings (SSSR count). The van der Waals surface area contributed by atoms with Gasteiger partial charge >= 0.3 is 5.97 Å². The van der Waals surface area contributed by atoms with E-state index in [0.29, 0.717) is 0 Å². The number of carboxylic acid groups (broad SMARTS) is 1. The number of fused-ring (bicyclic) bond motifs is 1. The van der Waals surface area contributed by atoms with Gasteiger partial charge in [0.1, 0.15) is 6.04 Å². The van der Waals surface area contributed by atoms with Crippen LogP contribution in [0.2, 0.25) is 0 Å². The van der Waals surface area contributed by atoms with Crippen molar-refractivity contribution in [1.82, 2.24) is 20.9 Å². The van der Waals surface area contributed by atoms with Crippen molar-refractivity contribution in [3.8, 4) is 0 Å². The van der Waals surface area contributed by atoms with Crippen molar-refractivity contribution >= 4 is 40.5 Å². The molecular formula is C22H30N6O7. The van der Waals surface area contributed by atoms with Crippen LogP contribution >= 0.6 is 0 Å². The van der Waals surface area contributed by atoms with Crippen LogP contribution in [0.4, 0.5) is 0 Å². The Kier molecular flexibility index (Phi) is 9.73. The topological polar surface area (TPSA) is 230 Å². The van der Waals surface area contributed by atoms with Crippen LogP contribution in [0.1, 0.15) is 25.3 Å². The summed E-state index contributed by atoms with van der Waals surface area (Å²) in [7, 11) is 0. The minimum absolute atomic E-state index is 0.215. The molecule has 0 aliphatic heterocycles. The first-order valence-electron chi connectivity index (χ1n) is 10.9. The summed E-state index contributed by atoms with van der Waals surface area (Å²) in [5.74, 6) is -4.52. The average Bonchev–Trinajstić information content (AvgIpc) is 3.20. The number of aliphatic carboxylic acids is 1. The number of para-hydroxylation sites is 1. The second kappa shape index (κ2) is 12.5. The molecule has 0 saturated heterocycles. The van der Waals surface area contributed by atoms with E-state index in [0.717, 1.165) is 16.5 Å². The number of nitrogens with one attached hydrogen (secondary N) is 4. The van der Waals surface area contributed by atoms with Gasteiger partial charge in [0.2, 0.25) is 23.6 Å². The lowest BCUT2D eigenvalue weighted by molar-refractivity contribution is -0.145. The molecule has 0 saturated carbocycles. The van der Waals surface area contributed by atoms with Crippen molar-refractivity contribution in [2.75, 3.05) is 6.54 Å². The summed E-state index contributed by atoms with van der Waals surface area (Å²) >= 11 is 0. The Balaban J connectivity index is 1.93. The zero-order chi connectivity index (χ0) is 26.1. The Morgan fingerprint density at radius 2 is 1.77 bits per heavy atom. The van der Waals surface area contributed by atoms with Gasteiger partial charge in [-0.15, -0.1) is 0 Å². The molecule has 190 valence electrons. The fourth-order valence-corrected chi connectivity index (χ4v) is 3.37.